The van der Waals surface area contributed by atoms with Crippen LogP contribution in [0.2, 0.25) is 0 Å². The molecule has 366 valence electrons. The molecule has 6 unspecified atom stereocenters. The zero-order valence-electron chi connectivity index (χ0n) is 43.7. The fraction of sp³-hybridized carbons (Fsp3) is 0.233. The van der Waals surface area contributed by atoms with E-state index < -0.39 is 5.41 Å². The quantitative estimate of drug-likeness (QED) is 0.153. The van der Waals surface area contributed by atoms with E-state index in [0.717, 1.165) is 0 Å². The second-order valence-electron chi connectivity index (χ2n) is 23.8. The molecule has 0 aromatic heterocycles. The molecule has 0 bridgehead atoms. The molecule has 0 radical (unpaired) electrons. The van der Waals surface area contributed by atoms with Crippen molar-refractivity contribution in [2.75, 3.05) is 9.80 Å². The van der Waals surface area contributed by atoms with Crippen LogP contribution in [0, 0.1) is 11.8 Å². The zero-order chi connectivity index (χ0) is 50.2. The van der Waals surface area contributed by atoms with Crippen molar-refractivity contribution in [1.82, 2.24) is 0 Å². The lowest BCUT2D eigenvalue weighted by Crippen LogP contribution is -2.46. The van der Waals surface area contributed by atoms with Crippen LogP contribution in [0.4, 0.5) is 22.7 Å². The first kappa shape index (κ1) is 44.8. The van der Waals surface area contributed by atoms with E-state index in [1.54, 1.807) is 0 Å². The van der Waals surface area contributed by atoms with Crippen LogP contribution >= 0.6 is 0 Å². The van der Waals surface area contributed by atoms with Crippen LogP contribution in [0.15, 0.2) is 218 Å². The maximum absolute atomic E-state index is 2.69. The molecule has 3 aliphatic carbocycles. The predicted molar refractivity (Wildman–Crippen MR) is 315 cm³/mol. The summed E-state index contributed by atoms with van der Waals surface area (Å²) in [5.41, 5.74) is 20.9. The first-order valence-electron chi connectivity index (χ1n) is 28.0. The van der Waals surface area contributed by atoms with Crippen molar-refractivity contribution in [2.45, 2.75) is 94.5 Å². The lowest BCUT2D eigenvalue weighted by Gasteiger charge is -2.45. The van der Waals surface area contributed by atoms with E-state index in [4.69, 9.17) is 0 Å². The molecule has 0 amide bonds. The van der Waals surface area contributed by atoms with Gasteiger partial charge in [-0.05, 0) is 213 Å². The summed E-state index contributed by atoms with van der Waals surface area (Å²) in [5.74, 6) is 2.33. The normalized spacial score (nSPS) is 23.8. The number of anilines is 4. The maximum atomic E-state index is 2.69. The molecule has 0 N–H and O–H groups in total. The second-order valence-corrected chi connectivity index (χ2v) is 23.8. The Morgan fingerprint density at radius 3 is 1.37 bits per heavy atom. The largest absolute Gasteiger partial charge is 0.335 e. The summed E-state index contributed by atoms with van der Waals surface area (Å²) in [6, 6.07) is 84.2. The Kier molecular flexibility index (Phi) is 9.95. The van der Waals surface area contributed by atoms with Crippen molar-refractivity contribution in [2.24, 2.45) is 11.8 Å². The molecule has 2 saturated carbocycles. The summed E-state index contributed by atoms with van der Waals surface area (Å²) in [7, 11) is 0. The van der Waals surface area contributed by atoms with E-state index in [2.05, 4.69) is 256 Å². The van der Waals surface area contributed by atoms with E-state index in [1.165, 1.54) is 150 Å². The van der Waals surface area contributed by atoms with Gasteiger partial charge in [-0.1, -0.05) is 172 Å². The highest BCUT2D eigenvalue weighted by atomic mass is 15.2. The first-order chi connectivity index (χ1) is 36.7. The molecule has 0 spiro atoms. The molecule has 2 heterocycles. The summed E-state index contributed by atoms with van der Waals surface area (Å²) < 4.78 is 0. The van der Waals surface area contributed by atoms with E-state index >= 15 is 0 Å². The highest BCUT2D eigenvalue weighted by molar-refractivity contribution is 6.20. The molecule has 2 heteroatoms. The van der Waals surface area contributed by atoms with Gasteiger partial charge in [-0.15, -0.1) is 0 Å². The fourth-order valence-electron chi connectivity index (χ4n) is 16.0. The Bertz CT molecular complexity index is 3840. The van der Waals surface area contributed by atoms with Crippen LogP contribution in [-0.4, -0.2) is 11.1 Å². The minimum atomic E-state index is -0.595. The molecule has 10 aromatic carbocycles. The van der Waals surface area contributed by atoms with Crippen molar-refractivity contribution >= 4 is 44.3 Å². The van der Waals surface area contributed by atoms with Crippen molar-refractivity contribution < 1.29 is 0 Å². The highest BCUT2D eigenvalue weighted by Gasteiger charge is 2.53. The molecular formula is C73H64N2. The second kappa shape index (κ2) is 16.7. The van der Waals surface area contributed by atoms with Gasteiger partial charge < -0.3 is 9.80 Å². The lowest BCUT2D eigenvalue weighted by atomic mass is 9.66. The van der Waals surface area contributed by atoms with Gasteiger partial charge in [-0.25, -0.2) is 0 Å². The predicted octanol–water partition coefficient (Wildman–Crippen LogP) is 19.3. The van der Waals surface area contributed by atoms with Crippen LogP contribution in [0.25, 0.3) is 54.9 Å². The molecule has 2 aliphatic heterocycles. The molecule has 2 nitrogen and oxygen atoms in total. The van der Waals surface area contributed by atoms with Gasteiger partial charge in [0.05, 0.1) is 5.41 Å². The van der Waals surface area contributed by atoms with Gasteiger partial charge in [0.15, 0.2) is 0 Å². The third-order valence-corrected chi connectivity index (χ3v) is 19.6. The Morgan fingerprint density at radius 1 is 0.400 bits per heavy atom. The molecule has 15 rings (SSSR count). The van der Waals surface area contributed by atoms with Crippen molar-refractivity contribution in [3.63, 3.8) is 0 Å². The molecule has 5 aliphatic rings. The minimum Gasteiger partial charge on any atom is -0.335 e. The lowest BCUT2D eigenvalue weighted by molar-refractivity contribution is 0.237. The average Bonchev–Trinajstić information content (AvgIpc) is 4.07. The van der Waals surface area contributed by atoms with Gasteiger partial charge in [0.1, 0.15) is 0 Å². The van der Waals surface area contributed by atoms with Gasteiger partial charge in [0.25, 0.3) is 0 Å². The first-order valence-corrected chi connectivity index (χ1v) is 28.0. The Labute approximate surface area is 443 Å². The Balaban J connectivity index is 0.936. The minimum absolute atomic E-state index is 0.0335. The van der Waals surface area contributed by atoms with Crippen molar-refractivity contribution in [3.05, 3.63) is 252 Å². The summed E-state index contributed by atoms with van der Waals surface area (Å²) >= 11 is 0. The van der Waals surface area contributed by atoms with Crippen LogP contribution in [-0.2, 0) is 5.41 Å². The number of benzene rings is 10. The summed E-state index contributed by atoms with van der Waals surface area (Å²) in [6.07, 6.45) is 7.33. The van der Waals surface area contributed by atoms with Crippen LogP contribution < -0.4 is 9.80 Å². The average molecular weight is 969 g/mol. The summed E-state index contributed by atoms with van der Waals surface area (Å²) in [4.78, 5) is 5.38. The Hall–Kier alpha value is -7.68. The summed E-state index contributed by atoms with van der Waals surface area (Å²) in [6.45, 7) is 9.99. The van der Waals surface area contributed by atoms with Gasteiger partial charge in [0.2, 0.25) is 0 Å². The van der Waals surface area contributed by atoms with Crippen molar-refractivity contribution in [3.8, 4) is 33.4 Å². The van der Waals surface area contributed by atoms with Gasteiger partial charge in [-0.2, -0.15) is 0 Å². The van der Waals surface area contributed by atoms with E-state index in [9.17, 15) is 0 Å². The molecular weight excluding hydrogens is 905 g/mol. The number of hydrogen-bond acceptors (Lipinski definition) is 2. The van der Waals surface area contributed by atoms with Crippen molar-refractivity contribution in [1.29, 1.82) is 0 Å². The molecule has 0 saturated heterocycles. The van der Waals surface area contributed by atoms with Gasteiger partial charge in [0, 0.05) is 45.7 Å². The summed E-state index contributed by atoms with van der Waals surface area (Å²) in [5, 5.41) is 5.23. The number of nitrogens with zero attached hydrogens (tertiary/aromatic N) is 2. The van der Waals surface area contributed by atoms with Crippen LogP contribution in [0.5, 0.6) is 0 Å². The SMILES string of the molecule is CC1CCC2(C)C(C1)c1cc(-c3ccc4c(c3)C(c3ccccc3)(c3ccccc3)c3c-4c4ccccc4c4cc(-c5ccc6c(c5)C5CC(C)CCC5(C)N6c5ccccc5)ccc34)ccc1N2c1ccccc1. The molecule has 10 aromatic rings. The third kappa shape index (κ3) is 6.38. The topological polar surface area (TPSA) is 6.48 Å². The van der Waals surface area contributed by atoms with E-state index in [-0.39, 0.29) is 11.1 Å². The number of rotatable bonds is 6. The molecule has 6 atom stereocenters. The van der Waals surface area contributed by atoms with Crippen LogP contribution in [0.1, 0.15) is 111 Å². The van der Waals surface area contributed by atoms with E-state index in [0.29, 0.717) is 23.7 Å². The van der Waals surface area contributed by atoms with Gasteiger partial charge >= 0.3 is 0 Å². The Morgan fingerprint density at radius 2 is 0.840 bits per heavy atom. The third-order valence-electron chi connectivity index (χ3n) is 19.6. The highest BCUT2D eigenvalue weighted by Crippen LogP contribution is 2.63. The molecule has 75 heavy (non-hydrogen) atoms. The number of para-hydroxylation sites is 2. The standard InChI is InChI=1S/C73H64N2/c1-47-37-39-71(3)64(41-47)62-44-50(31-35-67(62)74(71)55-23-13-7-14-24-55)49-29-33-59-61(43-49)57-27-17-18-28-58(57)69-60-34-30-52(46-66(60)73(70(59)69,53-19-9-5-10-20-53)54-21-11-6-12-22-54)51-32-36-68-63(45-51)65-42-48(2)38-40-72(65,4)75(68)56-25-15-8-16-26-56/h5-36,43-48,64-65H,37-42H2,1-4H3. The van der Waals surface area contributed by atoms with Crippen LogP contribution in [0.3, 0.4) is 0 Å². The number of hydrogen-bond donors (Lipinski definition) is 0. The zero-order valence-corrected chi connectivity index (χ0v) is 43.7. The smallest absolute Gasteiger partial charge is 0.0720 e. The van der Waals surface area contributed by atoms with E-state index in [1.807, 2.05) is 0 Å². The fourth-order valence-corrected chi connectivity index (χ4v) is 16.0. The molecule has 2 fully saturated rings. The monoisotopic (exact) mass is 969 g/mol. The number of fused-ring (bicyclic) bond motifs is 14. The van der Waals surface area contributed by atoms with Gasteiger partial charge in [-0.3, -0.25) is 0 Å². The maximum Gasteiger partial charge on any atom is 0.0720 e.